The van der Waals surface area contributed by atoms with Gasteiger partial charge in [-0.1, -0.05) is 6.42 Å². The summed E-state index contributed by atoms with van der Waals surface area (Å²) in [4.78, 5) is 8.66. The first kappa shape index (κ1) is 10.6. The lowest BCUT2D eigenvalue weighted by Crippen LogP contribution is -2.11. The molecule has 0 aliphatic heterocycles. The molecule has 1 aliphatic rings. The molecule has 0 aromatic carbocycles. The predicted octanol–water partition coefficient (Wildman–Crippen LogP) is 1.67. The fourth-order valence-electron chi connectivity index (χ4n) is 2.22. The van der Waals surface area contributed by atoms with Gasteiger partial charge in [-0.05, 0) is 38.2 Å². The van der Waals surface area contributed by atoms with E-state index in [9.17, 15) is 5.11 Å². The summed E-state index contributed by atoms with van der Waals surface area (Å²) in [5, 5.41) is 9.42. The number of aliphatic hydroxyl groups is 1. The molecule has 1 aliphatic carbocycles. The zero-order valence-corrected chi connectivity index (χ0v) is 9.24. The Kier molecular flexibility index (Phi) is 3.31. The standard InChI is InChI=1S/C12H18N2O/c1-9(15)7-12-10-5-3-2-4-6-11(10)13-8-14-12/h8-9,15H,2-7H2,1H3. The normalized spacial score (nSPS) is 18.0. The van der Waals surface area contributed by atoms with Gasteiger partial charge in [0.1, 0.15) is 6.33 Å². The van der Waals surface area contributed by atoms with Crippen molar-refractivity contribution in [3.05, 3.63) is 23.3 Å². The molecular weight excluding hydrogens is 188 g/mol. The van der Waals surface area contributed by atoms with E-state index in [2.05, 4.69) is 9.97 Å². The van der Waals surface area contributed by atoms with Gasteiger partial charge in [-0.25, -0.2) is 9.97 Å². The molecule has 1 aromatic heterocycles. The number of fused-ring (bicyclic) bond motifs is 1. The maximum atomic E-state index is 9.42. The van der Waals surface area contributed by atoms with Gasteiger partial charge in [-0.15, -0.1) is 0 Å². The largest absolute Gasteiger partial charge is 0.393 e. The highest BCUT2D eigenvalue weighted by atomic mass is 16.3. The predicted molar refractivity (Wildman–Crippen MR) is 58.7 cm³/mol. The summed E-state index contributed by atoms with van der Waals surface area (Å²) in [7, 11) is 0. The molecule has 1 N–H and O–H groups in total. The highest BCUT2D eigenvalue weighted by molar-refractivity contribution is 5.26. The Bertz CT molecular complexity index is 336. The van der Waals surface area contributed by atoms with Crippen LogP contribution in [-0.4, -0.2) is 21.2 Å². The molecule has 82 valence electrons. The Morgan fingerprint density at radius 3 is 2.87 bits per heavy atom. The van der Waals surface area contributed by atoms with Crippen molar-refractivity contribution in [2.45, 2.75) is 51.6 Å². The van der Waals surface area contributed by atoms with Gasteiger partial charge in [0, 0.05) is 17.8 Å². The maximum absolute atomic E-state index is 9.42. The number of rotatable bonds is 2. The minimum atomic E-state index is -0.313. The molecular formula is C12H18N2O. The Morgan fingerprint density at radius 1 is 1.27 bits per heavy atom. The van der Waals surface area contributed by atoms with Gasteiger partial charge in [0.2, 0.25) is 0 Å². The molecule has 0 saturated heterocycles. The summed E-state index contributed by atoms with van der Waals surface area (Å²) in [6.07, 6.45) is 7.89. The highest BCUT2D eigenvalue weighted by Crippen LogP contribution is 2.21. The molecule has 0 saturated carbocycles. The van der Waals surface area contributed by atoms with Crippen LogP contribution in [-0.2, 0) is 19.3 Å². The monoisotopic (exact) mass is 206 g/mol. The third kappa shape index (κ3) is 2.53. The molecule has 0 amide bonds. The summed E-state index contributed by atoms with van der Waals surface area (Å²) in [5.41, 5.74) is 3.56. The fourth-order valence-corrected chi connectivity index (χ4v) is 2.22. The van der Waals surface area contributed by atoms with E-state index in [0.717, 1.165) is 18.5 Å². The second kappa shape index (κ2) is 4.71. The van der Waals surface area contributed by atoms with Gasteiger partial charge in [0.05, 0.1) is 6.10 Å². The molecule has 1 unspecified atom stereocenters. The molecule has 3 heteroatoms. The molecule has 3 nitrogen and oxygen atoms in total. The van der Waals surface area contributed by atoms with Crippen LogP contribution in [0.3, 0.4) is 0 Å². The third-order valence-electron chi connectivity index (χ3n) is 2.95. The first-order chi connectivity index (χ1) is 7.27. The number of nitrogens with zero attached hydrogens (tertiary/aromatic N) is 2. The van der Waals surface area contributed by atoms with Crippen LogP contribution in [0.5, 0.6) is 0 Å². The summed E-state index contributed by atoms with van der Waals surface area (Å²) in [6.45, 7) is 1.81. The van der Waals surface area contributed by atoms with Gasteiger partial charge in [0.25, 0.3) is 0 Å². The fraction of sp³-hybridized carbons (Fsp3) is 0.667. The lowest BCUT2D eigenvalue weighted by Gasteiger charge is -2.11. The lowest BCUT2D eigenvalue weighted by molar-refractivity contribution is 0.194. The molecule has 2 rings (SSSR count). The smallest absolute Gasteiger partial charge is 0.115 e. The lowest BCUT2D eigenvalue weighted by atomic mass is 10.0. The Morgan fingerprint density at radius 2 is 2.07 bits per heavy atom. The van der Waals surface area contributed by atoms with Crippen molar-refractivity contribution in [2.24, 2.45) is 0 Å². The molecule has 0 spiro atoms. The third-order valence-corrected chi connectivity index (χ3v) is 2.95. The van der Waals surface area contributed by atoms with Crippen LogP contribution in [0.25, 0.3) is 0 Å². The zero-order valence-electron chi connectivity index (χ0n) is 9.24. The Labute approximate surface area is 90.6 Å². The van der Waals surface area contributed by atoms with Gasteiger partial charge < -0.3 is 5.11 Å². The van der Waals surface area contributed by atoms with E-state index in [1.807, 2.05) is 6.92 Å². The van der Waals surface area contributed by atoms with Crippen molar-refractivity contribution in [1.29, 1.82) is 0 Å². The van der Waals surface area contributed by atoms with Gasteiger partial charge in [0.15, 0.2) is 0 Å². The number of hydrogen-bond acceptors (Lipinski definition) is 3. The summed E-state index contributed by atoms with van der Waals surface area (Å²) < 4.78 is 0. The molecule has 0 bridgehead atoms. The van der Waals surface area contributed by atoms with Crippen molar-refractivity contribution >= 4 is 0 Å². The number of hydrogen-bond donors (Lipinski definition) is 1. The van der Waals surface area contributed by atoms with Crippen LogP contribution in [0.15, 0.2) is 6.33 Å². The molecule has 0 radical (unpaired) electrons. The summed E-state index contributed by atoms with van der Waals surface area (Å²) in [6, 6.07) is 0. The molecule has 1 atom stereocenters. The van der Waals surface area contributed by atoms with E-state index >= 15 is 0 Å². The number of aryl methyl sites for hydroxylation is 1. The van der Waals surface area contributed by atoms with Crippen LogP contribution in [0.4, 0.5) is 0 Å². The molecule has 1 aromatic rings. The van der Waals surface area contributed by atoms with Crippen molar-refractivity contribution < 1.29 is 5.11 Å². The average Bonchev–Trinajstić information content (AvgIpc) is 2.42. The second-order valence-electron chi connectivity index (χ2n) is 4.36. The van der Waals surface area contributed by atoms with Crippen molar-refractivity contribution in [2.75, 3.05) is 0 Å². The average molecular weight is 206 g/mol. The summed E-state index contributed by atoms with van der Waals surface area (Å²) >= 11 is 0. The SMILES string of the molecule is CC(O)Cc1ncnc2c1CCCCC2. The minimum Gasteiger partial charge on any atom is -0.393 e. The first-order valence-electron chi connectivity index (χ1n) is 5.77. The van der Waals surface area contributed by atoms with E-state index in [0.29, 0.717) is 6.42 Å². The van der Waals surface area contributed by atoms with E-state index in [4.69, 9.17) is 0 Å². The highest BCUT2D eigenvalue weighted by Gasteiger charge is 2.14. The van der Waals surface area contributed by atoms with Crippen molar-refractivity contribution in [3.8, 4) is 0 Å². The summed E-state index contributed by atoms with van der Waals surface area (Å²) in [5.74, 6) is 0. The van der Waals surface area contributed by atoms with E-state index in [-0.39, 0.29) is 6.10 Å². The van der Waals surface area contributed by atoms with Crippen molar-refractivity contribution in [1.82, 2.24) is 9.97 Å². The van der Waals surface area contributed by atoms with Gasteiger partial charge >= 0.3 is 0 Å². The van der Waals surface area contributed by atoms with E-state index in [1.54, 1.807) is 6.33 Å². The van der Waals surface area contributed by atoms with Crippen LogP contribution >= 0.6 is 0 Å². The Balaban J connectivity index is 2.30. The molecule has 1 heterocycles. The van der Waals surface area contributed by atoms with E-state index in [1.165, 1.54) is 30.5 Å². The maximum Gasteiger partial charge on any atom is 0.115 e. The molecule has 0 fully saturated rings. The van der Waals surface area contributed by atoms with Crippen LogP contribution in [0.2, 0.25) is 0 Å². The first-order valence-corrected chi connectivity index (χ1v) is 5.77. The topological polar surface area (TPSA) is 46.0 Å². The zero-order chi connectivity index (χ0) is 10.7. The number of aromatic nitrogens is 2. The van der Waals surface area contributed by atoms with Crippen molar-refractivity contribution in [3.63, 3.8) is 0 Å². The van der Waals surface area contributed by atoms with Crippen LogP contribution in [0.1, 0.15) is 43.1 Å². The van der Waals surface area contributed by atoms with Crippen LogP contribution in [0, 0.1) is 0 Å². The minimum absolute atomic E-state index is 0.313. The van der Waals surface area contributed by atoms with Crippen LogP contribution < -0.4 is 0 Å². The molecule has 15 heavy (non-hydrogen) atoms. The van der Waals surface area contributed by atoms with E-state index < -0.39 is 0 Å². The van der Waals surface area contributed by atoms with Gasteiger partial charge in [-0.2, -0.15) is 0 Å². The quantitative estimate of drug-likeness (QED) is 0.749. The van der Waals surface area contributed by atoms with Gasteiger partial charge in [-0.3, -0.25) is 0 Å². The Hall–Kier alpha value is -0.960. The number of aliphatic hydroxyl groups excluding tert-OH is 1. The second-order valence-corrected chi connectivity index (χ2v) is 4.36.